The second-order valence-electron chi connectivity index (χ2n) is 5.50. The molecule has 3 rings (SSSR count). The normalized spacial score (nSPS) is 11.2. The number of nitrogens with one attached hydrogen (secondary N) is 1. The van der Waals surface area contributed by atoms with Gasteiger partial charge in [0.25, 0.3) is 0 Å². The van der Waals surface area contributed by atoms with Crippen LogP contribution in [0.15, 0.2) is 28.7 Å². The molecule has 6 heteroatoms. The van der Waals surface area contributed by atoms with Gasteiger partial charge < -0.3 is 19.6 Å². The number of hydrogen-bond donors (Lipinski definition) is 1. The zero-order valence-electron chi connectivity index (χ0n) is 13.0. The number of nitrogens with zero attached hydrogens (tertiary/aromatic N) is 2. The molecule has 23 heavy (non-hydrogen) atoms. The standard InChI is InChI=1S/C17H19N3O3/c1-11-19-15-12-7-4-5-8-13(12)23-16(15)17(20-11)18-10-6-2-3-9-14(21)22/h4-5,7-8H,2-3,6,9-10H2,1H3,(H,21,22)(H,18,19,20)/p-1. The Bertz CT molecular complexity index is 842. The molecule has 1 aromatic carbocycles. The van der Waals surface area contributed by atoms with Gasteiger partial charge in [0, 0.05) is 17.9 Å². The summed E-state index contributed by atoms with van der Waals surface area (Å²) < 4.78 is 5.87. The second-order valence-corrected chi connectivity index (χ2v) is 5.50. The van der Waals surface area contributed by atoms with Crippen molar-refractivity contribution in [2.75, 3.05) is 11.9 Å². The summed E-state index contributed by atoms with van der Waals surface area (Å²) in [6.45, 7) is 2.56. The number of carboxylic acid groups (broad SMARTS) is 1. The maximum atomic E-state index is 10.4. The van der Waals surface area contributed by atoms with E-state index in [1.807, 2.05) is 31.2 Å². The van der Waals surface area contributed by atoms with E-state index in [0.717, 1.165) is 29.3 Å². The molecule has 0 spiro atoms. The number of para-hydroxylation sites is 1. The van der Waals surface area contributed by atoms with Gasteiger partial charge in [-0.2, -0.15) is 0 Å². The van der Waals surface area contributed by atoms with Gasteiger partial charge in [-0.1, -0.05) is 18.6 Å². The van der Waals surface area contributed by atoms with E-state index in [1.54, 1.807) is 0 Å². The Kier molecular flexibility index (Phi) is 4.41. The number of fused-ring (bicyclic) bond motifs is 3. The van der Waals surface area contributed by atoms with Gasteiger partial charge in [-0.05, 0) is 38.3 Å². The number of anilines is 1. The van der Waals surface area contributed by atoms with E-state index in [1.165, 1.54) is 0 Å². The van der Waals surface area contributed by atoms with E-state index in [-0.39, 0.29) is 6.42 Å². The molecule has 3 aromatic rings. The average molecular weight is 312 g/mol. The largest absolute Gasteiger partial charge is 0.550 e. The highest BCUT2D eigenvalue weighted by molar-refractivity contribution is 6.05. The first-order valence-electron chi connectivity index (χ1n) is 7.75. The molecule has 0 bridgehead atoms. The highest BCUT2D eigenvalue weighted by Gasteiger charge is 2.13. The number of hydrogen-bond acceptors (Lipinski definition) is 6. The number of unbranched alkanes of at least 4 members (excludes halogenated alkanes) is 2. The van der Waals surface area contributed by atoms with Crippen LogP contribution in [0.5, 0.6) is 0 Å². The van der Waals surface area contributed by atoms with Crippen LogP contribution in [0.3, 0.4) is 0 Å². The highest BCUT2D eigenvalue weighted by atomic mass is 16.4. The molecular formula is C17H18N3O3-. The molecule has 0 atom stereocenters. The van der Waals surface area contributed by atoms with E-state index >= 15 is 0 Å². The van der Waals surface area contributed by atoms with Crippen LogP contribution in [0, 0.1) is 6.92 Å². The smallest absolute Gasteiger partial charge is 0.196 e. The summed E-state index contributed by atoms with van der Waals surface area (Å²) in [5, 5.41) is 14.6. The number of carbonyl (C=O) groups excluding carboxylic acids is 1. The average Bonchev–Trinajstić information content (AvgIpc) is 2.89. The van der Waals surface area contributed by atoms with Crippen molar-refractivity contribution in [1.82, 2.24) is 9.97 Å². The van der Waals surface area contributed by atoms with Gasteiger partial charge in [0.15, 0.2) is 11.4 Å². The van der Waals surface area contributed by atoms with Gasteiger partial charge in [0.2, 0.25) is 0 Å². The molecule has 1 N–H and O–H groups in total. The first-order chi connectivity index (χ1) is 11.1. The van der Waals surface area contributed by atoms with E-state index < -0.39 is 5.97 Å². The van der Waals surface area contributed by atoms with Gasteiger partial charge in [-0.15, -0.1) is 0 Å². The first-order valence-corrected chi connectivity index (χ1v) is 7.75. The molecule has 2 heterocycles. The van der Waals surface area contributed by atoms with Crippen molar-refractivity contribution in [3.05, 3.63) is 30.1 Å². The van der Waals surface area contributed by atoms with Crippen molar-refractivity contribution < 1.29 is 14.3 Å². The molecule has 120 valence electrons. The second kappa shape index (κ2) is 6.64. The number of furan rings is 1. The third kappa shape index (κ3) is 3.41. The van der Waals surface area contributed by atoms with Gasteiger partial charge in [0.1, 0.15) is 16.9 Å². The lowest BCUT2D eigenvalue weighted by molar-refractivity contribution is -0.305. The minimum atomic E-state index is -0.992. The number of carboxylic acids is 1. The fourth-order valence-electron chi connectivity index (χ4n) is 2.60. The summed E-state index contributed by atoms with van der Waals surface area (Å²) in [7, 11) is 0. The quantitative estimate of drug-likeness (QED) is 0.674. The minimum absolute atomic E-state index is 0.112. The molecule has 0 saturated heterocycles. The third-order valence-corrected chi connectivity index (χ3v) is 3.68. The van der Waals surface area contributed by atoms with Crippen molar-refractivity contribution in [3.8, 4) is 0 Å². The molecular weight excluding hydrogens is 294 g/mol. The first kappa shape index (κ1) is 15.3. The van der Waals surface area contributed by atoms with Crippen LogP contribution in [0.1, 0.15) is 31.5 Å². The highest BCUT2D eigenvalue weighted by Crippen LogP contribution is 2.30. The van der Waals surface area contributed by atoms with Crippen LogP contribution in [-0.4, -0.2) is 22.5 Å². The Morgan fingerprint density at radius 3 is 2.87 bits per heavy atom. The number of carbonyl (C=O) groups is 1. The summed E-state index contributed by atoms with van der Waals surface area (Å²) in [5.74, 6) is 0.375. The molecule has 2 aromatic heterocycles. The van der Waals surface area contributed by atoms with E-state index in [9.17, 15) is 9.90 Å². The summed E-state index contributed by atoms with van der Waals surface area (Å²) in [6.07, 6.45) is 2.43. The molecule has 0 radical (unpaired) electrons. The maximum Gasteiger partial charge on any atom is 0.196 e. The number of aromatic nitrogens is 2. The third-order valence-electron chi connectivity index (χ3n) is 3.68. The predicted octanol–water partition coefficient (Wildman–Crippen LogP) is 2.41. The monoisotopic (exact) mass is 312 g/mol. The topological polar surface area (TPSA) is 91.1 Å². The van der Waals surface area contributed by atoms with Crippen molar-refractivity contribution in [2.45, 2.75) is 32.6 Å². The molecule has 0 aliphatic rings. The minimum Gasteiger partial charge on any atom is -0.550 e. The fourth-order valence-corrected chi connectivity index (χ4v) is 2.60. The fraction of sp³-hybridized carbons (Fsp3) is 0.353. The molecule has 0 aliphatic heterocycles. The lowest BCUT2D eigenvalue weighted by Crippen LogP contribution is -2.21. The molecule has 0 unspecified atom stereocenters. The van der Waals surface area contributed by atoms with Crippen molar-refractivity contribution in [3.63, 3.8) is 0 Å². The van der Waals surface area contributed by atoms with Crippen LogP contribution in [0.2, 0.25) is 0 Å². The zero-order chi connectivity index (χ0) is 16.2. The molecule has 0 saturated carbocycles. The number of benzene rings is 1. The maximum absolute atomic E-state index is 10.4. The van der Waals surface area contributed by atoms with E-state index in [4.69, 9.17) is 4.42 Å². The van der Waals surface area contributed by atoms with Crippen LogP contribution in [0.4, 0.5) is 5.82 Å². The Morgan fingerprint density at radius 1 is 1.22 bits per heavy atom. The van der Waals surface area contributed by atoms with Gasteiger partial charge in [0.05, 0.1) is 0 Å². The van der Waals surface area contributed by atoms with Crippen LogP contribution < -0.4 is 10.4 Å². The Labute approximate surface area is 133 Å². The van der Waals surface area contributed by atoms with Crippen LogP contribution >= 0.6 is 0 Å². The summed E-state index contributed by atoms with van der Waals surface area (Å²) >= 11 is 0. The van der Waals surface area contributed by atoms with Gasteiger partial charge in [-0.25, -0.2) is 9.97 Å². The van der Waals surface area contributed by atoms with Crippen LogP contribution in [0.25, 0.3) is 22.1 Å². The Balaban J connectivity index is 1.74. The summed E-state index contributed by atoms with van der Waals surface area (Å²) in [6, 6.07) is 7.78. The molecule has 0 aliphatic carbocycles. The van der Waals surface area contributed by atoms with Gasteiger partial charge >= 0.3 is 0 Å². The Hall–Kier alpha value is -2.63. The van der Waals surface area contributed by atoms with E-state index in [0.29, 0.717) is 30.2 Å². The molecule has 0 amide bonds. The zero-order valence-corrected chi connectivity index (χ0v) is 13.0. The number of aliphatic carboxylic acids is 1. The van der Waals surface area contributed by atoms with Crippen molar-refractivity contribution >= 4 is 33.9 Å². The van der Waals surface area contributed by atoms with E-state index in [2.05, 4.69) is 15.3 Å². The number of rotatable bonds is 7. The Morgan fingerprint density at radius 2 is 2.04 bits per heavy atom. The predicted molar refractivity (Wildman–Crippen MR) is 86.0 cm³/mol. The van der Waals surface area contributed by atoms with Crippen molar-refractivity contribution in [1.29, 1.82) is 0 Å². The molecule has 0 fully saturated rings. The van der Waals surface area contributed by atoms with Crippen LogP contribution in [-0.2, 0) is 4.79 Å². The summed E-state index contributed by atoms with van der Waals surface area (Å²) in [4.78, 5) is 19.3. The van der Waals surface area contributed by atoms with Crippen molar-refractivity contribution in [2.24, 2.45) is 0 Å². The lowest BCUT2D eigenvalue weighted by Gasteiger charge is -2.07. The lowest BCUT2D eigenvalue weighted by atomic mass is 10.2. The SMILES string of the molecule is Cc1nc(NCCCCCC(=O)[O-])c2oc3ccccc3c2n1. The van der Waals surface area contributed by atoms with Gasteiger partial charge in [-0.3, -0.25) is 0 Å². The summed E-state index contributed by atoms with van der Waals surface area (Å²) in [5.41, 5.74) is 2.26. The molecule has 6 nitrogen and oxygen atoms in total. The number of aryl methyl sites for hydroxylation is 1.